The highest BCUT2D eigenvalue weighted by Crippen LogP contribution is 2.40. The van der Waals surface area contributed by atoms with Crippen molar-refractivity contribution in [3.8, 4) is 55.9 Å². The van der Waals surface area contributed by atoms with Gasteiger partial charge in [0.1, 0.15) is 11.2 Å². The number of furan rings is 1. The largest absolute Gasteiger partial charge is 0.456 e. The monoisotopic (exact) mass is 958 g/mol. The van der Waals surface area contributed by atoms with Crippen LogP contribution < -0.4 is 0 Å². The summed E-state index contributed by atoms with van der Waals surface area (Å²) in [7, 11) is 3.42. The van der Waals surface area contributed by atoms with Gasteiger partial charge < -0.3 is 13.6 Å². The van der Waals surface area contributed by atoms with Crippen molar-refractivity contribution in [3.63, 3.8) is 0 Å². The zero-order chi connectivity index (χ0) is 50.5. The quantitative estimate of drug-likeness (QED) is 0.141. The summed E-state index contributed by atoms with van der Waals surface area (Å²) in [6.45, 7) is 8.86. The molecule has 7 aromatic heterocycles. The molecule has 0 aliphatic heterocycles. The van der Waals surface area contributed by atoms with E-state index in [-0.39, 0.29) is 0 Å². The van der Waals surface area contributed by atoms with Gasteiger partial charge in [0.05, 0.1) is 33.1 Å². The predicted molar refractivity (Wildman–Crippen MR) is 309 cm³/mol. The summed E-state index contributed by atoms with van der Waals surface area (Å²) < 4.78 is 11.2. The molecule has 0 N–H and O–H groups in total. The van der Waals surface area contributed by atoms with Crippen molar-refractivity contribution in [1.82, 2.24) is 29.1 Å². The first kappa shape index (κ1) is 46.5. The second-order valence-electron chi connectivity index (χ2n) is 17.7. The SMILES string of the molecule is C=CC=NC.C=CC=NC.Cc1ccc2c(n1)c1cc(-c3cccc(-c4cccnc4)c3)ccc1n2-c1ccc2oc3ccc(-n4c5ccc(-c6cccc(-c7cccnc7)c6)cc5c5ncccc54)cc3c2c1. The molecule has 0 bridgehead atoms. The van der Waals surface area contributed by atoms with Crippen LogP contribution in [-0.4, -0.2) is 55.6 Å². The Kier molecular flexibility index (Phi) is 12.9. The second kappa shape index (κ2) is 20.5. The van der Waals surface area contributed by atoms with Crippen LogP contribution in [0.4, 0.5) is 0 Å². The first-order valence-electron chi connectivity index (χ1n) is 24.3. The van der Waals surface area contributed by atoms with E-state index in [0.717, 1.165) is 127 Å². The van der Waals surface area contributed by atoms with Crippen LogP contribution in [0.2, 0.25) is 0 Å². The van der Waals surface area contributed by atoms with Crippen LogP contribution in [0.5, 0.6) is 0 Å². The maximum Gasteiger partial charge on any atom is 0.135 e. The van der Waals surface area contributed by atoms with E-state index < -0.39 is 0 Å². The summed E-state index contributed by atoms with van der Waals surface area (Å²) in [5, 5.41) is 4.29. The fourth-order valence-electron chi connectivity index (χ4n) is 9.80. The van der Waals surface area contributed by atoms with Gasteiger partial charge in [-0.3, -0.25) is 29.9 Å². The van der Waals surface area contributed by atoms with E-state index in [1.165, 1.54) is 0 Å². The molecule has 356 valence electrons. The number of aliphatic imine (C=N–C) groups is 2. The molecule has 0 unspecified atom stereocenters. The highest BCUT2D eigenvalue weighted by atomic mass is 16.3. The number of allylic oxidation sites excluding steroid dienone is 2. The van der Waals surface area contributed by atoms with Gasteiger partial charge in [-0.05, 0) is 149 Å². The zero-order valence-corrected chi connectivity index (χ0v) is 41.3. The Labute approximate surface area is 428 Å². The molecule has 9 nitrogen and oxygen atoms in total. The maximum absolute atomic E-state index is 6.52. The number of hydrogen-bond acceptors (Lipinski definition) is 7. The molecule has 7 heterocycles. The molecule has 0 atom stereocenters. The fraction of sp³-hybridized carbons (Fsp3) is 0.0462. The van der Waals surface area contributed by atoms with Crippen LogP contribution in [0.3, 0.4) is 0 Å². The first-order valence-corrected chi connectivity index (χ1v) is 24.3. The van der Waals surface area contributed by atoms with E-state index in [2.05, 4.69) is 201 Å². The van der Waals surface area contributed by atoms with E-state index in [9.17, 15) is 0 Å². The maximum atomic E-state index is 6.52. The molecule has 0 aliphatic carbocycles. The minimum atomic E-state index is 0.836. The van der Waals surface area contributed by atoms with Gasteiger partial charge in [-0.25, -0.2) is 0 Å². The summed E-state index contributed by atoms with van der Waals surface area (Å²) in [4.78, 5) is 26.0. The summed E-state index contributed by atoms with van der Waals surface area (Å²) in [5.74, 6) is 0. The molecule has 0 amide bonds. The smallest absolute Gasteiger partial charge is 0.135 e. The lowest BCUT2D eigenvalue weighted by molar-refractivity contribution is 0.669. The average Bonchev–Trinajstić information content (AvgIpc) is 4.11. The van der Waals surface area contributed by atoms with E-state index in [0.29, 0.717) is 0 Å². The highest BCUT2D eigenvalue weighted by molar-refractivity contribution is 6.12. The van der Waals surface area contributed by atoms with Gasteiger partial charge in [-0.1, -0.05) is 86.0 Å². The van der Waals surface area contributed by atoms with Gasteiger partial charge >= 0.3 is 0 Å². The van der Waals surface area contributed by atoms with Crippen LogP contribution in [0.15, 0.2) is 241 Å². The Bertz CT molecular complexity index is 4260. The Morgan fingerprint density at radius 3 is 1.38 bits per heavy atom. The predicted octanol–water partition coefficient (Wildman–Crippen LogP) is 16.1. The summed E-state index contributed by atoms with van der Waals surface area (Å²) in [6.07, 6.45) is 15.9. The molecule has 13 rings (SSSR count). The molecule has 74 heavy (non-hydrogen) atoms. The number of hydrogen-bond donors (Lipinski definition) is 0. The number of nitrogens with zero attached hydrogens (tertiary/aromatic N) is 8. The van der Waals surface area contributed by atoms with Crippen LogP contribution in [0.25, 0.3) is 122 Å². The molecular weight excluding hydrogens is 909 g/mol. The molecule has 0 radical (unpaired) electrons. The molecule has 0 fully saturated rings. The van der Waals surface area contributed by atoms with Crippen LogP contribution in [0, 0.1) is 6.92 Å². The van der Waals surface area contributed by atoms with Crippen molar-refractivity contribution in [2.45, 2.75) is 6.92 Å². The van der Waals surface area contributed by atoms with E-state index in [1.54, 1.807) is 44.9 Å². The molecule has 0 saturated carbocycles. The van der Waals surface area contributed by atoms with Gasteiger partial charge in [0.2, 0.25) is 0 Å². The number of pyridine rings is 4. The van der Waals surface area contributed by atoms with Crippen molar-refractivity contribution in [3.05, 3.63) is 232 Å². The Hall–Kier alpha value is -9.86. The van der Waals surface area contributed by atoms with E-state index in [1.807, 2.05) is 43.0 Å². The molecule has 0 spiro atoms. The minimum absolute atomic E-state index is 0.836. The lowest BCUT2D eigenvalue weighted by atomic mass is 9.99. The number of aromatic nitrogens is 6. The molecule has 0 aliphatic rings. The Morgan fingerprint density at radius 1 is 0.432 bits per heavy atom. The fourth-order valence-corrected chi connectivity index (χ4v) is 9.80. The van der Waals surface area contributed by atoms with Crippen molar-refractivity contribution < 1.29 is 4.42 Å². The first-order chi connectivity index (χ1) is 36.4. The molecule has 6 aromatic carbocycles. The third-order valence-electron chi connectivity index (χ3n) is 13.1. The van der Waals surface area contributed by atoms with Crippen molar-refractivity contribution in [2.24, 2.45) is 9.98 Å². The number of rotatable bonds is 8. The van der Waals surface area contributed by atoms with Gasteiger partial charge in [-0.15, -0.1) is 0 Å². The van der Waals surface area contributed by atoms with Gasteiger partial charge in [0, 0.05) is 107 Å². The lowest BCUT2D eigenvalue weighted by Crippen LogP contribution is -1.94. The third-order valence-corrected chi connectivity index (χ3v) is 13.1. The van der Waals surface area contributed by atoms with Crippen molar-refractivity contribution >= 4 is 78.2 Å². The van der Waals surface area contributed by atoms with Crippen LogP contribution >= 0.6 is 0 Å². The summed E-state index contributed by atoms with van der Waals surface area (Å²) >= 11 is 0. The lowest BCUT2D eigenvalue weighted by Gasteiger charge is -2.10. The molecule has 0 saturated heterocycles. The normalized spacial score (nSPS) is 11.4. The summed E-state index contributed by atoms with van der Waals surface area (Å²) in [5.41, 5.74) is 19.9. The Morgan fingerprint density at radius 2 is 0.892 bits per heavy atom. The second-order valence-corrected chi connectivity index (χ2v) is 17.7. The Balaban J connectivity index is 0.000000540. The average molecular weight is 959 g/mol. The topological polar surface area (TPSA) is 99.3 Å². The number of benzene rings is 6. The van der Waals surface area contributed by atoms with Gasteiger partial charge in [0.25, 0.3) is 0 Å². The minimum Gasteiger partial charge on any atom is -0.456 e. The number of aryl methyl sites for hydroxylation is 1. The van der Waals surface area contributed by atoms with Crippen LogP contribution in [0.1, 0.15) is 5.69 Å². The third kappa shape index (κ3) is 8.84. The molecule has 9 heteroatoms. The molecule has 13 aromatic rings. The van der Waals surface area contributed by atoms with E-state index in [4.69, 9.17) is 14.4 Å². The van der Waals surface area contributed by atoms with Crippen LogP contribution in [-0.2, 0) is 0 Å². The van der Waals surface area contributed by atoms with Crippen molar-refractivity contribution in [2.75, 3.05) is 14.1 Å². The number of fused-ring (bicyclic) bond motifs is 9. The molecular formula is C65H50N8O. The standard InChI is InChI=1S/C57H36N6O.2C4H7N/c1-35-14-19-53-57(61-35)49-30-41(37-8-3-10-39(28-37)43-12-5-25-59-34-43)16-21-51(49)63(53)45-18-23-55-47(32-45)46-31-44(17-22-54(46)64-55)62-50-20-15-40(29-48(50)56-52(62)13-6-26-60-56)36-7-2-9-38(27-36)42-11-4-24-58-33-42;2*1-3-4-5-2/h2-34H,1H3;2*3-4H,1H2,2H3. The zero-order valence-electron chi connectivity index (χ0n) is 41.3. The van der Waals surface area contributed by atoms with Gasteiger partial charge in [0.15, 0.2) is 0 Å². The van der Waals surface area contributed by atoms with E-state index >= 15 is 0 Å². The van der Waals surface area contributed by atoms with Crippen molar-refractivity contribution in [1.29, 1.82) is 0 Å². The summed E-state index contributed by atoms with van der Waals surface area (Å²) in [6, 6.07) is 60.3. The van der Waals surface area contributed by atoms with Gasteiger partial charge in [-0.2, -0.15) is 0 Å². The highest BCUT2D eigenvalue weighted by Gasteiger charge is 2.19.